The number of hydrogen-bond acceptors (Lipinski definition) is 3. The molecule has 1 rings (SSSR count). The second kappa shape index (κ2) is 6.00. The van der Waals surface area contributed by atoms with E-state index in [0.717, 1.165) is 12.8 Å². The van der Waals surface area contributed by atoms with E-state index < -0.39 is 18.1 Å². The van der Waals surface area contributed by atoms with Crippen LogP contribution in [0.1, 0.15) is 40.0 Å². The Kier molecular flexibility index (Phi) is 4.93. The van der Waals surface area contributed by atoms with Crippen LogP contribution in [0.15, 0.2) is 0 Å². The van der Waals surface area contributed by atoms with Gasteiger partial charge >= 0.3 is 5.97 Å². The molecule has 3 N–H and O–H groups in total. The van der Waals surface area contributed by atoms with Crippen LogP contribution in [0.25, 0.3) is 0 Å². The van der Waals surface area contributed by atoms with Crippen molar-refractivity contribution in [3.8, 4) is 0 Å². The second-order valence-electron chi connectivity index (χ2n) is 5.19. The van der Waals surface area contributed by atoms with Crippen molar-refractivity contribution in [2.24, 2.45) is 5.92 Å². The van der Waals surface area contributed by atoms with E-state index in [9.17, 15) is 9.59 Å². The smallest absolute Gasteiger partial charge is 0.320 e. The number of carbonyl (C=O) groups is 2. The van der Waals surface area contributed by atoms with Gasteiger partial charge in [-0.3, -0.25) is 14.9 Å². The first-order valence-corrected chi connectivity index (χ1v) is 6.19. The molecule has 0 saturated heterocycles. The third kappa shape index (κ3) is 5.17. The normalized spacial score (nSPS) is 18.8. The first kappa shape index (κ1) is 14.0. The van der Waals surface area contributed by atoms with E-state index in [0.29, 0.717) is 12.5 Å². The molecule has 0 aromatic rings. The zero-order valence-corrected chi connectivity index (χ0v) is 10.7. The second-order valence-corrected chi connectivity index (χ2v) is 5.19. The molecule has 1 aliphatic carbocycles. The minimum Gasteiger partial charge on any atom is -0.480 e. The van der Waals surface area contributed by atoms with Crippen LogP contribution in [-0.2, 0) is 9.59 Å². The van der Waals surface area contributed by atoms with Crippen molar-refractivity contribution in [3.05, 3.63) is 0 Å². The molecule has 1 aliphatic rings. The Bertz CT molecular complexity index is 287. The third-order valence-electron chi connectivity index (χ3n) is 2.77. The van der Waals surface area contributed by atoms with E-state index in [1.165, 1.54) is 0 Å². The third-order valence-corrected chi connectivity index (χ3v) is 2.77. The number of aliphatic carboxylic acids is 1. The summed E-state index contributed by atoms with van der Waals surface area (Å²) in [5.41, 5.74) is 0. The van der Waals surface area contributed by atoms with E-state index in [-0.39, 0.29) is 11.8 Å². The SMILES string of the molecule is CC(C)CC(NC(C)C(=O)NC1CC1)C(=O)O. The lowest BCUT2D eigenvalue weighted by Crippen LogP contribution is -2.50. The predicted molar refractivity (Wildman–Crippen MR) is 64.6 cm³/mol. The fraction of sp³-hybridized carbons (Fsp3) is 0.833. The van der Waals surface area contributed by atoms with Crippen LogP contribution in [0.2, 0.25) is 0 Å². The summed E-state index contributed by atoms with van der Waals surface area (Å²) < 4.78 is 0. The Morgan fingerprint density at radius 1 is 1.29 bits per heavy atom. The molecule has 1 amide bonds. The summed E-state index contributed by atoms with van der Waals surface area (Å²) in [5.74, 6) is -0.727. The molecule has 1 fully saturated rings. The Morgan fingerprint density at radius 3 is 2.29 bits per heavy atom. The summed E-state index contributed by atoms with van der Waals surface area (Å²) in [6, 6.07) is -0.814. The van der Waals surface area contributed by atoms with Gasteiger partial charge in [-0.2, -0.15) is 0 Å². The van der Waals surface area contributed by atoms with E-state index in [1.807, 2.05) is 13.8 Å². The largest absolute Gasteiger partial charge is 0.480 e. The van der Waals surface area contributed by atoms with Crippen LogP contribution < -0.4 is 10.6 Å². The van der Waals surface area contributed by atoms with Gasteiger partial charge in [-0.1, -0.05) is 13.8 Å². The van der Waals surface area contributed by atoms with Gasteiger partial charge in [0, 0.05) is 6.04 Å². The van der Waals surface area contributed by atoms with Crippen LogP contribution >= 0.6 is 0 Å². The lowest BCUT2D eigenvalue weighted by molar-refractivity contribution is -0.140. The molecule has 0 radical (unpaired) electrons. The van der Waals surface area contributed by atoms with E-state index in [1.54, 1.807) is 6.92 Å². The van der Waals surface area contributed by atoms with Gasteiger partial charge in [-0.05, 0) is 32.1 Å². The van der Waals surface area contributed by atoms with Crippen LogP contribution in [0.3, 0.4) is 0 Å². The number of carboxylic acid groups (broad SMARTS) is 1. The number of hydrogen-bond donors (Lipinski definition) is 3. The quantitative estimate of drug-likeness (QED) is 0.615. The molecule has 5 heteroatoms. The number of carboxylic acids is 1. The highest BCUT2D eigenvalue weighted by Gasteiger charge is 2.28. The van der Waals surface area contributed by atoms with Gasteiger partial charge in [-0.25, -0.2) is 0 Å². The standard InChI is InChI=1S/C12H22N2O3/c1-7(2)6-10(12(16)17)13-8(3)11(15)14-9-4-5-9/h7-10,13H,4-6H2,1-3H3,(H,14,15)(H,16,17). The van der Waals surface area contributed by atoms with Gasteiger partial charge < -0.3 is 10.4 Å². The highest BCUT2D eigenvalue weighted by atomic mass is 16.4. The van der Waals surface area contributed by atoms with Crippen molar-refractivity contribution in [1.29, 1.82) is 0 Å². The first-order valence-electron chi connectivity index (χ1n) is 6.19. The Balaban J connectivity index is 2.41. The van der Waals surface area contributed by atoms with Crippen LogP contribution in [-0.4, -0.2) is 35.1 Å². The highest BCUT2D eigenvalue weighted by Crippen LogP contribution is 2.18. The first-order chi connectivity index (χ1) is 7.90. The molecule has 0 heterocycles. The van der Waals surface area contributed by atoms with Crippen LogP contribution in [0, 0.1) is 5.92 Å². The minimum atomic E-state index is -0.898. The summed E-state index contributed by atoms with van der Waals surface area (Å²) in [5, 5.41) is 14.8. The molecule has 2 unspecified atom stereocenters. The molecule has 1 saturated carbocycles. The maximum absolute atomic E-state index is 11.7. The topological polar surface area (TPSA) is 78.4 Å². The molecule has 2 atom stereocenters. The zero-order valence-electron chi connectivity index (χ0n) is 10.7. The average molecular weight is 242 g/mol. The molecule has 98 valence electrons. The molecular weight excluding hydrogens is 220 g/mol. The van der Waals surface area contributed by atoms with Crippen molar-refractivity contribution in [2.75, 3.05) is 0 Å². The van der Waals surface area contributed by atoms with Crippen molar-refractivity contribution in [3.63, 3.8) is 0 Å². The zero-order chi connectivity index (χ0) is 13.0. The van der Waals surface area contributed by atoms with E-state index in [2.05, 4.69) is 10.6 Å². The van der Waals surface area contributed by atoms with Gasteiger partial charge in [0.2, 0.25) is 5.91 Å². The molecule has 0 aliphatic heterocycles. The van der Waals surface area contributed by atoms with Crippen molar-refractivity contribution < 1.29 is 14.7 Å². The monoisotopic (exact) mass is 242 g/mol. The summed E-state index contributed by atoms with van der Waals surface area (Å²) in [6.45, 7) is 5.63. The number of nitrogens with one attached hydrogen (secondary N) is 2. The predicted octanol–water partition coefficient (Wildman–Crippen LogP) is 0.742. The van der Waals surface area contributed by atoms with Gasteiger partial charge in [0.05, 0.1) is 6.04 Å². The van der Waals surface area contributed by atoms with Crippen molar-refractivity contribution in [1.82, 2.24) is 10.6 Å². The summed E-state index contributed by atoms with van der Waals surface area (Å²) in [7, 11) is 0. The molecule has 17 heavy (non-hydrogen) atoms. The molecule has 0 bridgehead atoms. The number of amides is 1. The minimum absolute atomic E-state index is 0.109. The van der Waals surface area contributed by atoms with Crippen molar-refractivity contribution in [2.45, 2.75) is 58.2 Å². The van der Waals surface area contributed by atoms with E-state index >= 15 is 0 Å². The molecular formula is C12H22N2O3. The highest BCUT2D eigenvalue weighted by molar-refractivity contribution is 5.83. The Labute approximate surface area is 102 Å². The number of carbonyl (C=O) groups excluding carboxylic acids is 1. The summed E-state index contributed by atoms with van der Waals surface area (Å²) in [4.78, 5) is 22.7. The lowest BCUT2D eigenvalue weighted by atomic mass is 10.0. The number of rotatable bonds is 7. The van der Waals surface area contributed by atoms with Gasteiger partial charge in [0.1, 0.15) is 6.04 Å². The molecule has 5 nitrogen and oxygen atoms in total. The molecule has 0 spiro atoms. The van der Waals surface area contributed by atoms with Gasteiger partial charge in [0.25, 0.3) is 0 Å². The maximum atomic E-state index is 11.7. The Morgan fingerprint density at radius 2 is 1.88 bits per heavy atom. The maximum Gasteiger partial charge on any atom is 0.320 e. The summed E-state index contributed by atoms with van der Waals surface area (Å²) in [6.07, 6.45) is 2.59. The van der Waals surface area contributed by atoms with E-state index in [4.69, 9.17) is 5.11 Å². The van der Waals surface area contributed by atoms with Crippen LogP contribution in [0.5, 0.6) is 0 Å². The van der Waals surface area contributed by atoms with Crippen molar-refractivity contribution >= 4 is 11.9 Å². The summed E-state index contributed by atoms with van der Waals surface area (Å²) >= 11 is 0. The fourth-order valence-electron chi connectivity index (χ4n) is 1.64. The average Bonchev–Trinajstić information content (AvgIpc) is 2.99. The fourth-order valence-corrected chi connectivity index (χ4v) is 1.64. The molecule has 0 aromatic carbocycles. The van der Waals surface area contributed by atoms with Gasteiger partial charge in [0.15, 0.2) is 0 Å². The van der Waals surface area contributed by atoms with Gasteiger partial charge in [-0.15, -0.1) is 0 Å². The Hall–Kier alpha value is -1.10. The van der Waals surface area contributed by atoms with Crippen LogP contribution in [0.4, 0.5) is 0 Å². The lowest BCUT2D eigenvalue weighted by Gasteiger charge is -2.21. The molecule has 0 aromatic heterocycles.